The molecule has 2 aromatic rings. The maximum Gasteiger partial charge on any atom is 0.266 e. The molecule has 1 unspecified atom stereocenters. The van der Waals surface area contributed by atoms with Gasteiger partial charge < -0.3 is 19.7 Å². The van der Waals surface area contributed by atoms with E-state index in [4.69, 9.17) is 9.47 Å². The van der Waals surface area contributed by atoms with E-state index in [1.165, 1.54) is 13.2 Å². The van der Waals surface area contributed by atoms with Crippen molar-refractivity contribution in [1.29, 1.82) is 0 Å². The lowest BCUT2D eigenvalue weighted by molar-refractivity contribution is -0.00426. The minimum absolute atomic E-state index is 0.0136. The standard InChI is InChI=1S/C21H23FN2O4S/c1-27-15-6-5-13(10-16(15)28-2)19(25)23-17-4-3-8-21(17)11-24(12-21)20(26)18-14(22)7-9-29-18/h5-7,9-10,17H,3-4,8,11-12H2,1-2H3,(H,23,25). The third-order valence-electron chi connectivity index (χ3n) is 5.97. The summed E-state index contributed by atoms with van der Waals surface area (Å²) in [4.78, 5) is 27.2. The van der Waals surface area contributed by atoms with E-state index in [0.29, 0.717) is 30.2 Å². The number of nitrogens with one attached hydrogen (secondary N) is 1. The Morgan fingerprint density at radius 1 is 1.21 bits per heavy atom. The van der Waals surface area contributed by atoms with Crippen LogP contribution in [0.3, 0.4) is 0 Å². The number of hydrogen-bond acceptors (Lipinski definition) is 5. The number of amides is 2. The number of carbonyl (C=O) groups excluding carboxylic acids is 2. The third-order valence-corrected chi connectivity index (χ3v) is 6.85. The van der Waals surface area contributed by atoms with Crippen molar-refractivity contribution in [2.75, 3.05) is 27.3 Å². The first-order valence-corrected chi connectivity index (χ1v) is 10.4. The number of rotatable bonds is 5. The van der Waals surface area contributed by atoms with Crippen LogP contribution in [0.25, 0.3) is 0 Å². The molecule has 1 atom stereocenters. The molecule has 0 bridgehead atoms. The van der Waals surface area contributed by atoms with Gasteiger partial charge in [0.05, 0.1) is 14.2 Å². The normalized spacial score (nSPS) is 19.7. The van der Waals surface area contributed by atoms with Crippen molar-refractivity contribution in [3.8, 4) is 11.5 Å². The fourth-order valence-corrected chi connectivity index (χ4v) is 5.14. The summed E-state index contributed by atoms with van der Waals surface area (Å²) in [5, 5.41) is 4.72. The molecule has 2 amide bonds. The Labute approximate surface area is 172 Å². The van der Waals surface area contributed by atoms with Crippen molar-refractivity contribution in [3.63, 3.8) is 0 Å². The molecule has 1 aromatic carbocycles. The summed E-state index contributed by atoms with van der Waals surface area (Å²) in [7, 11) is 3.08. The molecule has 1 aromatic heterocycles. The van der Waals surface area contributed by atoms with Crippen LogP contribution in [0.5, 0.6) is 11.5 Å². The number of halogens is 1. The Kier molecular flexibility index (Phi) is 5.21. The summed E-state index contributed by atoms with van der Waals surface area (Å²) in [6.07, 6.45) is 2.81. The first-order valence-electron chi connectivity index (χ1n) is 9.52. The average molecular weight is 418 g/mol. The van der Waals surface area contributed by atoms with E-state index < -0.39 is 5.82 Å². The van der Waals surface area contributed by atoms with Gasteiger partial charge in [0.15, 0.2) is 11.5 Å². The predicted octanol–water partition coefficient (Wildman–Crippen LogP) is 3.33. The average Bonchev–Trinajstić information content (AvgIpc) is 3.31. The summed E-state index contributed by atoms with van der Waals surface area (Å²) in [5.41, 5.74) is 0.368. The highest BCUT2D eigenvalue weighted by Gasteiger charge is 2.53. The Hall–Kier alpha value is -2.61. The van der Waals surface area contributed by atoms with Crippen molar-refractivity contribution < 1.29 is 23.5 Å². The van der Waals surface area contributed by atoms with Crippen molar-refractivity contribution in [1.82, 2.24) is 10.2 Å². The Balaban J connectivity index is 1.43. The van der Waals surface area contributed by atoms with Crippen LogP contribution in [0.1, 0.15) is 39.3 Å². The predicted molar refractivity (Wildman–Crippen MR) is 107 cm³/mol. The van der Waals surface area contributed by atoms with Gasteiger partial charge in [0.25, 0.3) is 11.8 Å². The fourth-order valence-electron chi connectivity index (χ4n) is 4.41. The maximum absolute atomic E-state index is 13.7. The number of ether oxygens (including phenoxy) is 2. The molecule has 29 heavy (non-hydrogen) atoms. The molecular weight excluding hydrogens is 395 g/mol. The Morgan fingerprint density at radius 3 is 2.62 bits per heavy atom. The minimum atomic E-state index is -0.467. The van der Waals surface area contributed by atoms with E-state index in [-0.39, 0.29) is 28.1 Å². The molecule has 2 fully saturated rings. The highest BCUT2D eigenvalue weighted by molar-refractivity contribution is 7.12. The fraction of sp³-hybridized carbons (Fsp3) is 0.429. The van der Waals surface area contributed by atoms with E-state index in [2.05, 4.69) is 5.32 Å². The van der Waals surface area contributed by atoms with E-state index in [1.54, 1.807) is 35.6 Å². The molecule has 2 aliphatic rings. The molecule has 2 heterocycles. The zero-order valence-electron chi connectivity index (χ0n) is 16.4. The largest absolute Gasteiger partial charge is 0.493 e. The molecule has 1 N–H and O–H groups in total. The van der Waals surface area contributed by atoms with Gasteiger partial charge in [-0.05, 0) is 42.5 Å². The second-order valence-corrected chi connectivity index (χ2v) is 8.53. The van der Waals surface area contributed by atoms with Gasteiger partial charge in [0.2, 0.25) is 0 Å². The van der Waals surface area contributed by atoms with Crippen molar-refractivity contribution in [2.24, 2.45) is 5.41 Å². The number of hydrogen-bond donors (Lipinski definition) is 1. The lowest BCUT2D eigenvalue weighted by atomic mass is 9.74. The van der Waals surface area contributed by atoms with Crippen LogP contribution in [0.15, 0.2) is 29.6 Å². The Bertz CT molecular complexity index is 939. The highest BCUT2D eigenvalue weighted by Crippen LogP contribution is 2.46. The number of carbonyl (C=O) groups is 2. The highest BCUT2D eigenvalue weighted by atomic mass is 32.1. The lowest BCUT2D eigenvalue weighted by Crippen LogP contribution is -2.64. The van der Waals surface area contributed by atoms with Crippen LogP contribution in [0.4, 0.5) is 4.39 Å². The van der Waals surface area contributed by atoms with Gasteiger partial charge >= 0.3 is 0 Å². The van der Waals surface area contributed by atoms with Crippen molar-refractivity contribution >= 4 is 23.2 Å². The van der Waals surface area contributed by atoms with Crippen LogP contribution >= 0.6 is 11.3 Å². The smallest absolute Gasteiger partial charge is 0.266 e. The van der Waals surface area contributed by atoms with Crippen LogP contribution in [0.2, 0.25) is 0 Å². The topological polar surface area (TPSA) is 67.9 Å². The molecule has 8 heteroatoms. The van der Waals surface area contributed by atoms with Gasteiger partial charge in [-0.1, -0.05) is 6.42 Å². The van der Waals surface area contributed by atoms with E-state index >= 15 is 0 Å². The molecule has 1 spiro atoms. The first-order chi connectivity index (χ1) is 14.0. The molecule has 6 nitrogen and oxygen atoms in total. The quantitative estimate of drug-likeness (QED) is 0.809. The maximum atomic E-state index is 13.7. The summed E-state index contributed by atoms with van der Waals surface area (Å²) in [6, 6.07) is 6.37. The zero-order chi connectivity index (χ0) is 20.6. The molecule has 1 saturated heterocycles. The molecular formula is C21H23FN2O4S. The van der Waals surface area contributed by atoms with Gasteiger partial charge in [-0.25, -0.2) is 4.39 Å². The first kappa shape index (κ1) is 19.7. The van der Waals surface area contributed by atoms with Gasteiger partial charge in [-0.2, -0.15) is 0 Å². The van der Waals surface area contributed by atoms with Gasteiger partial charge in [0, 0.05) is 30.1 Å². The molecule has 1 aliphatic heterocycles. The van der Waals surface area contributed by atoms with Gasteiger partial charge in [0.1, 0.15) is 10.7 Å². The SMILES string of the molecule is COc1ccc(C(=O)NC2CCCC23CN(C(=O)c2sccc2F)C3)cc1OC. The lowest BCUT2D eigenvalue weighted by Gasteiger charge is -2.51. The molecule has 4 rings (SSSR count). The summed E-state index contributed by atoms with van der Waals surface area (Å²) >= 11 is 1.12. The van der Waals surface area contributed by atoms with Crippen LogP contribution in [-0.4, -0.2) is 50.1 Å². The molecule has 154 valence electrons. The molecule has 1 aliphatic carbocycles. The van der Waals surface area contributed by atoms with E-state index in [1.807, 2.05) is 0 Å². The van der Waals surface area contributed by atoms with Gasteiger partial charge in [-0.15, -0.1) is 11.3 Å². The van der Waals surface area contributed by atoms with E-state index in [0.717, 1.165) is 30.6 Å². The number of thiophene rings is 1. The number of methoxy groups -OCH3 is 2. The number of benzene rings is 1. The molecule has 1 saturated carbocycles. The van der Waals surface area contributed by atoms with Crippen molar-refractivity contribution in [2.45, 2.75) is 25.3 Å². The van der Waals surface area contributed by atoms with E-state index in [9.17, 15) is 14.0 Å². The van der Waals surface area contributed by atoms with Crippen LogP contribution < -0.4 is 14.8 Å². The monoisotopic (exact) mass is 418 g/mol. The minimum Gasteiger partial charge on any atom is -0.493 e. The van der Waals surface area contributed by atoms with Crippen LogP contribution in [0, 0.1) is 11.2 Å². The number of likely N-dealkylation sites (tertiary alicyclic amines) is 1. The van der Waals surface area contributed by atoms with Crippen molar-refractivity contribution in [3.05, 3.63) is 45.9 Å². The molecule has 0 radical (unpaired) electrons. The third kappa shape index (κ3) is 3.46. The summed E-state index contributed by atoms with van der Waals surface area (Å²) < 4.78 is 24.2. The van der Waals surface area contributed by atoms with Gasteiger partial charge in [-0.3, -0.25) is 9.59 Å². The summed E-state index contributed by atoms with van der Waals surface area (Å²) in [6.45, 7) is 1.08. The Morgan fingerprint density at radius 2 is 1.97 bits per heavy atom. The summed E-state index contributed by atoms with van der Waals surface area (Å²) in [5.74, 6) is 0.159. The second kappa shape index (κ2) is 7.67. The second-order valence-electron chi connectivity index (χ2n) is 7.61. The van der Waals surface area contributed by atoms with Crippen LogP contribution in [-0.2, 0) is 0 Å². The zero-order valence-corrected chi connectivity index (χ0v) is 17.2. The number of nitrogens with zero attached hydrogens (tertiary/aromatic N) is 1.